The van der Waals surface area contributed by atoms with Crippen molar-refractivity contribution in [3.8, 4) is 5.75 Å². The lowest BCUT2D eigenvalue weighted by Crippen LogP contribution is -2.47. The Morgan fingerprint density at radius 3 is 2.41 bits per heavy atom. The number of piperazine rings is 1. The lowest BCUT2D eigenvalue weighted by molar-refractivity contribution is -0.137. The van der Waals surface area contributed by atoms with E-state index in [2.05, 4.69) is 22.0 Å². The van der Waals surface area contributed by atoms with E-state index < -0.39 is 11.7 Å². The molecular weight excluding hydrogens is 355 g/mol. The van der Waals surface area contributed by atoms with Gasteiger partial charge in [0.1, 0.15) is 18.2 Å². The number of anilines is 1. The number of hydrogen-bond acceptors (Lipinski definition) is 4. The number of alkyl halides is 3. The highest BCUT2D eigenvalue weighted by Crippen LogP contribution is 2.29. The van der Waals surface area contributed by atoms with Gasteiger partial charge in [0.2, 0.25) is 0 Å². The number of aromatic nitrogens is 1. The van der Waals surface area contributed by atoms with Crippen LogP contribution >= 0.6 is 0 Å². The second kappa shape index (κ2) is 8.17. The van der Waals surface area contributed by atoms with Gasteiger partial charge in [-0.05, 0) is 43.2 Å². The van der Waals surface area contributed by atoms with E-state index in [4.69, 9.17) is 4.74 Å². The molecule has 0 atom stereocenters. The van der Waals surface area contributed by atoms with Crippen molar-refractivity contribution >= 4 is 5.82 Å². The average molecular weight is 379 g/mol. The van der Waals surface area contributed by atoms with Gasteiger partial charge < -0.3 is 9.64 Å². The largest absolute Gasteiger partial charge is 0.492 e. The first-order chi connectivity index (χ1) is 12.8. The zero-order chi connectivity index (χ0) is 19.4. The average Bonchev–Trinajstić information content (AvgIpc) is 2.64. The lowest BCUT2D eigenvalue weighted by Gasteiger charge is -2.35. The molecule has 2 aromatic rings. The molecule has 4 nitrogen and oxygen atoms in total. The Morgan fingerprint density at radius 1 is 1.04 bits per heavy atom. The Kier molecular flexibility index (Phi) is 5.89. The van der Waals surface area contributed by atoms with Gasteiger partial charge >= 0.3 is 6.18 Å². The van der Waals surface area contributed by atoms with Gasteiger partial charge in [-0.2, -0.15) is 13.2 Å². The van der Waals surface area contributed by atoms with Gasteiger partial charge in [0, 0.05) is 38.9 Å². The standard InChI is InChI=1S/C20H24F3N3O/c1-15-3-4-16(2)18(13-15)27-12-11-25-7-9-26(10-8-25)19-6-5-17(14-24-19)20(21,22)23/h3-6,13-14H,7-12H2,1-2H3. The normalized spacial score (nSPS) is 15.8. The Balaban J connectivity index is 1.45. The molecule has 0 amide bonds. The van der Waals surface area contributed by atoms with Crippen molar-refractivity contribution in [2.75, 3.05) is 44.2 Å². The highest BCUT2D eigenvalue weighted by atomic mass is 19.4. The Hall–Kier alpha value is -2.28. The predicted molar refractivity (Wildman–Crippen MR) is 99.3 cm³/mol. The van der Waals surface area contributed by atoms with E-state index in [-0.39, 0.29) is 0 Å². The minimum Gasteiger partial charge on any atom is -0.492 e. The van der Waals surface area contributed by atoms with E-state index in [1.54, 1.807) is 0 Å². The van der Waals surface area contributed by atoms with Crippen LogP contribution in [0.1, 0.15) is 16.7 Å². The Morgan fingerprint density at radius 2 is 1.78 bits per heavy atom. The number of aryl methyl sites for hydroxylation is 2. The van der Waals surface area contributed by atoms with Gasteiger partial charge in [0.05, 0.1) is 5.56 Å². The molecular formula is C20H24F3N3O. The van der Waals surface area contributed by atoms with Gasteiger partial charge in [0.25, 0.3) is 0 Å². The molecule has 1 aliphatic heterocycles. The van der Waals surface area contributed by atoms with Crippen molar-refractivity contribution in [2.24, 2.45) is 0 Å². The highest BCUT2D eigenvalue weighted by molar-refractivity contribution is 5.40. The summed E-state index contributed by atoms with van der Waals surface area (Å²) in [6.07, 6.45) is -3.44. The van der Waals surface area contributed by atoms with E-state index in [1.807, 2.05) is 24.8 Å². The maximum absolute atomic E-state index is 12.6. The summed E-state index contributed by atoms with van der Waals surface area (Å²) in [5.74, 6) is 1.51. The fourth-order valence-corrected chi connectivity index (χ4v) is 3.09. The number of pyridine rings is 1. The zero-order valence-electron chi connectivity index (χ0n) is 15.6. The molecule has 2 heterocycles. The first kappa shape index (κ1) is 19.5. The smallest absolute Gasteiger partial charge is 0.417 e. The molecule has 7 heteroatoms. The highest BCUT2D eigenvalue weighted by Gasteiger charge is 2.31. The summed E-state index contributed by atoms with van der Waals surface area (Å²) in [6.45, 7) is 8.65. The van der Waals surface area contributed by atoms with Gasteiger partial charge in [-0.1, -0.05) is 12.1 Å². The second-order valence-electron chi connectivity index (χ2n) is 6.85. The van der Waals surface area contributed by atoms with Gasteiger partial charge in [-0.3, -0.25) is 4.90 Å². The minimum atomic E-state index is -4.35. The number of hydrogen-bond donors (Lipinski definition) is 0. The van der Waals surface area contributed by atoms with Crippen molar-refractivity contribution in [1.82, 2.24) is 9.88 Å². The van der Waals surface area contributed by atoms with Crippen LogP contribution < -0.4 is 9.64 Å². The number of rotatable bonds is 5. The summed E-state index contributed by atoms with van der Waals surface area (Å²) >= 11 is 0. The van der Waals surface area contributed by atoms with E-state index in [0.29, 0.717) is 12.4 Å². The van der Waals surface area contributed by atoms with Crippen molar-refractivity contribution in [3.05, 3.63) is 53.2 Å². The molecule has 1 saturated heterocycles. The SMILES string of the molecule is Cc1ccc(C)c(OCCN2CCN(c3ccc(C(F)(F)F)cn3)CC2)c1. The molecule has 0 unspecified atom stereocenters. The Bertz CT molecular complexity index is 754. The van der Waals surface area contributed by atoms with Crippen LogP contribution in [0.5, 0.6) is 5.75 Å². The first-order valence-corrected chi connectivity index (χ1v) is 9.03. The molecule has 1 aromatic heterocycles. The van der Waals surface area contributed by atoms with Crippen LogP contribution in [0.3, 0.4) is 0 Å². The zero-order valence-corrected chi connectivity index (χ0v) is 15.6. The first-order valence-electron chi connectivity index (χ1n) is 9.03. The third-order valence-electron chi connectivity index (χ3n) is 4.78. The minimum absolute atomic E-state index is 0.592. The predicted octanol–water partition coefficient (Wildman–Crippen LogP) is 3.92. The van der Waals surface area contributed by atoms with E-state index >= 15 is 0 Å². The topological polar surface area (TPSA) is 28.6 Å². The third kappa shape index (κ3) is 5.13. The molecule has 1 aliphatic rings. The summed E-state index contributed by atoms with van der Waals surface area (Å²) in [6, 6.07) is 8.70. The van der Waals surface area contributed by atoms with Crippen LogP contribution in [0.2, 0.25) is 0 Å². The molecule has 3 rings (SSSR count). The summed E-state index contributed by atoms with van der Waals surface area (Å²) in [5.41, 5.74) is 1.58. The van der Waals surface area contributed by atoms with Crippen LogP contribution in [0.25, 0.3) is 0 Å². The molecule has 0 N–H and O–H groups in total. The number of nitrogens with zero attached hydrogens (tertiary/aromatic N) is 3. The maximum Gasteiger partial charge on any atom is 0.417 e. The monoisotopic (exact) mass is 379 g/mol. The number of halogens is 3. The number of ether oxygens (including phenoxy) is 1. The molecule has 27 heavy (non-hydrogen) atoms. The van der Waals surface area contributed by atoms with Crippen molar-refractivity contribution < 1.29 is 17.9 Å². The van der Waals surface area contributed by atoms with Crippen LogP contribution in [0.4, 0.5) is 19.0 Å². The molecule has 0 bridgehead atoms. The van der Waals surface area contributed by atoms with Crippen molar-refractivity contribution in [3.63, 3.8) is 0 Å². The summed E-state index contributed by atoms with van der Waals surface area (Å²) in [7, 11) is 0. The lowest BCUT2D eigenvalue weighted by atomic mass is 10.1. The van der Waals surface area contributed by atoms with Gasteiger partial charge in [-0.15, -0.1) is 0 Å². The third-order valence-corrected chi connectivity index (χ3v) is 4.78. The van der Waals surface area contributed by atoms with Gasteiger partial charge in [-0.25, -0.2) is 4.98 Å². The van der Waals surface area contributed by atoms with Crippen LogP contribution in [-0.2, 0) is 6.18 Å². The fraction of sp³-hybridized carbons (Fsp3) is 0.450. The van der Waals surface area contributed by atoms with Crippen LogP contribution in [0, 0.1) is 13.8 Å². The van der Waals surface area contributed by atoms with Crippen molar-refractivity contribution in [2.45, 2.75) is 20.0 Å². The summed E-state index contributed by atoms with van der Waals surface area (Å²) < 4.78 is 43.8. The Labute approximate surface area is 157 Å². The van der Waals surface area contributed by atoms with Crippen molar-refractivity contribution in [1.29, 1.82) is 0 Å². The molecule has 0 radical (unpaired) electrons. The van der Waals surface area contributed by atoms with Gasteiger partial charge in [0.15, 0.2) is 0 Å². The van der Waals surface area contributed by atoms with Crippen LogP contribution in [0.15, 0.2) is 36.5 Å². The molecule has 0 aliphatic carbocycles. The maximum atomic E-state index is 12.6. The fourth-order valence-electron chi connectivity index (χ4n) is 3.09. The number of benzene rings is 1. The molecule has 146 valence electrons. The van der Waals surface area contributed by atoms with E-state index in [0.717, 1.165) is 56.3 Å². The summed E-state index contributed by atoms with van der Waals surface area (Å²) in [5, 5.41) is 0. The molecule has 1 fully saturated rings. The van der Waals surface area contributed by atoms with E-state index in [9.17, 15) is 13.2 Å². The second-order valence-corrected chi connectivity index (χ2v) is 6.85. The quantitative estimate of drug-likeness (QED) is 0.787. The molecule has 0 spiro atoms. The van der Waals surface area contributed by atoms with E-state index in [1.165, 1.54) is 11.6 Å². The molecule has 1 aromatic carbocycles. The summed E-state index contributed by atoms with van der Waals surface area (Å²) in [4.78, 5) is 8.29. The molecule has 0 saturated carbocycles. The van der Waals surface area contributed by atoms with Crippen LogP contribution in [-0.4, -0.2) is 49.2 Å².